The topological polar surface area (TPSA) is 118 Å². The Morgan fingerprint density at radius 1 is 1.15 bits per heavy atom. The Hall–Kier alpha value is -3.73. The zero-order valence-electron chi connectivity index (χ0n) is 17.6. The molecule has 0 unspecified atom stereocenters. The van der Waals surface area contributed by atoms with Gasteiger partial charge in [0.1, 0.15) is 11.5 Å². The van der Waals surface area contributed by atoms with Crippen molar-refractivity contribution in [1.29, 1.82) is 0 Å². The second kappa shape index (κ2) is 9.64. The van der Waals surface area contributed by atoms with E-state index in [2.05, 4.69) is 10.1 Å². The molecule has 0 aliphatic rings. The number of carbonyl (C=O) groups excluding carboxylic acids is 2. The van der Waals surface area contributed by atoms with Crippen LogP contribution in [0.2, 0.25) is 5.02 Å². The van der Waals surface area contributed by atoms with Crippen LogP contribution in [0.1, 0.15) is 28.0 Å². The number of nitrogens with one attached hydrogen (secondary N) is 1. The number of phenolic OH excluding ortho intramolecular Hbond substituents is 1. The van der Waals surface area contributed by atoms with E-state index in [-0.39, 0.29) is 41.2 Å². The van der Waals surface area contributed by atoms with Gasteiger partial charge in [-0.2, -0.15) is 0 Å². The minimum atomic E-state index is -4.88. The third kappa shape index (κ3) is 5.60. The molecule has 0 radical (unpaired) electrons. The molecule has 0 bridgehead atoms. The lowest BCUT2D eigenvalue weighted by Crippen LogP contribution is -2.27. The molecule has 0 aliphatic carbocycles. The van der Waals surface area contributed by atoms with E-state index < -0.39 is 29.9 Å². The summed E-state index contributed by atoms with van der Waals surface area (Å²) in [4.78, 5) is 36.2. The number of aromatic hydroxyl groups is 1. The molecule has 34 heavy (non-hydrogen) atoms. The van der Waals surface area contributed by atoms with E-state index in [4.69, 9.17) is 16.7 Å². The highest BCUT2D eigenvalue weighted by molar-refractivity contribution is 6.33. The van der Waals surface area contributed by atoms with Gasteiger partial charge in [0.05, 0.1) is 23.4 Å². The summed E-state index contributed by atoms with van der Waals surface area (Å²) >= 11 is 6.03. The fraction of sp³-hybridized carbons (Fsp3) is 0.227. The van der Waals surface area contributed by atoms with Crippen molar-refractivity contribution in [3.05, 3.63) is 58.2 Å². The molecule has 3 rings (SSSR count). The van der Waals surface area contributed by atoms with Gasteiger partial charge >= 0.3 is 12.3 Å². The van der Waals surface area contributed by atoms with Gasteiger partial charge in [-0.1, -0.05) is 11.6 Å². The molecule has 12 heteroatoms. The number of nitrogens with zero attached hydrogens (tertiary/aromatic N) is 1. The number of carboxylic acids is 1. The first kappa shape index (κ1) is 24.9. The number of phenols is 1. The summed E-state index contributed by atoms with van der Waals surface area (Å²) in [6.45, 7) is 1.47. The SMILES string of the molecule is Cc1c(CC(=O)NCCC(=O)O)c2cc(O)c(Cl)cc2n1C(=O)c1ccc(OC(F)(F)F)cc1. The number of rotatable bonds is 7. The minimum absolute atomic E-state index is 0.0381. The van der Waals surface area contributed by atoms with Crippen LogP contribution in [-0.2, 0) is 16.0 Å². The summed E-state index contributed by atoms with van der Waals surface area (Å²) in [5.74, 6) is -2.96. The van der Waals surface area contributed by atoms with Crippen molar-refractivity contribution in [3.8, 4) is 11.5 Å². The molecule has 0 fully saturated rings. The van der Waals surface area contributed by atoms with Crippen LogP contribution in [0.25, 0.3) is 10.9 Å². The zero-order valence-corrected chi connectivity index (χ0v) is 18.3. The van der Waals surface area contributed by atoms with Crippen LogP contribution in [0, 0.1) is 6.92 Å². The van der Waals surface area contributed by atoms with Crippen molar-refractivity contribution in [2.75, 3.05) is 6.54 Å². The van der Waals surface area contributed by atoms with E-state index in [0.29, 0.717) is 16.6 Å². The summed E-state index contributed by atoms with van der Waals surface area (Å²) in [6.07, 6.45) is -5.37. The Kier molecular flexibility index (Phi) is 7.06. The molecule has 0 atom stereocenters. The van der Waals surface area contributed by atoms with Crippen molar-refractivity contribution < 1.29 is 42.5 Å². The molecule has 0 saturated heterocycles. The van der Waals surface area contributed by atoms with Crippen molar-refractivity contribution >= 4 is 40.3 Å². The van der Waals surface area contributed by atoms with Gasteiger partial charge in [0.15, 0.2) is 0 Å². The van der Waals surface area contributed by atoms with Gasteiger partial charge in [-0.3, -0.25) is 19.0 Å². The van der Waals surface area contributed by atoms with Crippen LogP contribution in [0.4, 0.5) is 13.2 Å². The molecule has 0 aliphatic heterocycles. The number of ether oxygens (including phenoxy) is 1. The summed E-state index contributed by atoms with van der Waals surface area (Å²) in [5, 5.41) is 21.5. The molecule has 180 valence electrons. The van der Waals surface area contributed by atoms with E-state index in [1.54, 1.807) is 6.92 Å². The Morgan fingerprint density at radius 3 is 2.38 bits per heavy atom. The normalized spacial score (nSPS) is 11.4. The molecule has 0 spiro atoms. The highest BCUT2D eigenvalue weighted by Crippen LogP contribution is 2.35. The first-order chi connectivity index (χ1) is 15.9. The number of hydrogen-bond acceptors (Lipinski definition) is 5. The second-order valence-electron chi connectivity index (χ2n) is 7.27. The lowest BCUT2D eigenvalue weighted by atomic mass is 10.1. The fourth-order valence-corrected chi connectivity index (χ4v) is 3.59. The molecule has 1 heterocycles. The van der Waals surface area contributed by atoms with E-state index in [1.807, 2.05) is 0 Å². The van der Waals surface area contributed by atoms with Gasteiger partial charge < -0.3 is 20.3 Å². The van der Waals surface area contributed by atoms with Gasteiger partial charge in [-0.15, -0.1) is 13.2 Å². The van der Waals surface area contributed by atoms with E-state index >= 15 is 0 Å². The minimum Gasteiger partial charge on any atom is -0.506 e. The van der Waals surface area contributed by atoms with Gasteiger partial charge in [0, 0.05) is 23.2 Å². The Morgan fingerprint density at radius 2 is 1.79 bits per heavy atom. The second-order valence-corrected chi connectivity index (χ2v) is 7.68. The number of alkyl halides is 3. The molecular weight excluding hydrogens is 481 g/mol. The molecular formula is C22H18ClF3N2O6. The molecule has 0 saturated carbocycles. The maximum absolute atomic E-state index is 13.2. The lowest BCUT2D eigenvalue weighted by molar-refractivity contribution is -0.274. The quantitative estimate of drug-likeness (QED) is 0.453. The number of fused-ring (bicyclic) bond motifs is 1. The molecule has 3 N–H and O–H groups in total. The monoisotopic (exact) mass is 498 g/mol. The number of aliphatic carboxylic acids is 1. The smallest absolute Gasteiger partial charge is 0.506 e. The van der Waals surface area contributed by atoms with E-state index in [1.165, 1.54) is 16.7 Å². The Bertz CT molecular complexity index is 1270. The number of halogens is 4. The van der Waals surface area contributed by atoms with Gasteiger partial charge in [0.2, 0.25) is 5.91 Å². The number of benzene rings is 2. The molecule has 1 aromatic heterocycles. The largest absolute Gasteiger partial charge is 0.573 e. The van der Waals surface area contributed by atoms with Gasteiger partial charge in [-0.05, 0) is 48.9 Å². The number of hydrogen-bond donors (Lipinski definition) is 3. The standard InChI is InChI=1S/C22H18ClF3N2O6/c1-11-14(9-19(30)27-7-6-20(31)32)15-8-18(29)16(23)10-17(15)28(11)21(33)12-2-4-13(5-3-12)34-22(24,25)26/h2-5,8,10,29H,6-7,9H2,1H3,(H,27,30)(H,31,32). The summed E-state index contributed by atoms with van der Waals surface area (Å²) in [5.41, 5.74) is 1.04. The summed E-state index contributed by atoms with van der Waals surface area (Å²) in [7, 11) is 0. The van der Waals surface area contributed by atoms with Crippen LogP contribution < -0.4 is 10.1 Å². The first-order valence-corrected chi connectivity index (χ1v) is 10.2. The van der Waals surface area contributed by atoms with Crippen molar-refractivity contribution in [2.24, 2.45) is 0 Å². The maximum Gasteiger partial charge on any atom is 0.573 e. The Labute approximate surface area is 195 Å². The van der Waals surface area contributed by atoms with Crippen molar-refractivity contribution in [1.82, 2.24) is 9.88 Å². The molecule has 1 amide bonds. The molecule has 8 nitrogen and oxygen atoms in total. The van der Waals surface area contributed by atoms with Gasteiger partial charge in [-0.25, -0.2) is 0 Å². The lowest BCUT2D eigenvalue weighted by Gasteiger charge is -2.11. The summed E-state index contributed by atoms with van der Waals surface area (Å²) < 4.78 is 42.2. The van der Waals surface area contributed by atoms with E-state index in [9.17, 15) is 32.7 Å². The highest BCUT2D eigenvalue weighted by atomic mass is 35.5. The van der Waals surface area contributed by atoms with Crippen LogP contribution >= 0.6 is 11.6 Å². The van der Waals surface area contributed by atoms with Gasteiger partial charge in [0.25, 0.3) is 5.91 Å². The predicted octanol–water partition coefficient (Wildman–Crippen LogP) is 4.03. The number of carboxylic acid groups (broad SMARTS) is 1. The van der Waals surface area contributed by atoms with Crippen molar-refractivity contribution in [2.45, 2.75) is 26.1 Å². The highest BCUT2D eigenvalue weighted by Gasteiger charge is 2.31. The Balaban J connectivity index is 1.99. The number of aromatic nitrogens is 1. The first-order valence-electron chi connectivity index (χ1n) is 9.78. The summed E-state index contributed by atoms with van der Waals surface area (Å²) in [6, 6.07) is 6.96. The van der Waals surface area contributed by atoms with Crippen LogP contribution in [-0.4, -0.2) is 45.5 Å². The number of amides is 1. The van der Waals surface area contributed by atoms with E-state index in [0.717, 1.165) is 24.3 Å². The molecule has 2 aromatic carbocycles. The third-order valence-electron chi connectivity index (χ3n) is 4.94. The van der Waals surface area contributed by atoms with Crippen molar-refractivity contribution in [3.63, 3.8) is 0 Å². The zero-order chi connectivity index (χ0) is 25.2. The molecule has 3 aromatic rings. The predicted molar refractivity (Wildman–Crippen MR) is 115 cm³/mol. The average molecular weight is 499 g/mol. The van der Waals surface area contributed by atoms with Crippen LogP contribution in [0.3, 0.4) is 0 Å². The average Bonchev–Trinajstić information content (AvgIpc) is 2.98. The number of carbonyl (C=O) groups is 3. The van der Waals surface area contributed by atoms with Crippen LogP contribution in [0.5, 0.6) is 11.5 Å². The fourth-order valence-electron chi connectivity index (χ4n) is 3.43. The van der Waals surface area contributed by atoms with Crippen LogP contribution in [0.15, 0.2) is 36.4 Å². The third-order valence-corrected chi connectivity index (χ3v) is 5.24. The maximum atomic E-state index is 13.2.